The summed E-state index contributed by atoms with van der Waals surface area (Å²) in [4.78, 5) is 41.8. The first-order valence-electron chi connectivity index (χ1n) is 7.68. The van der Waals surface area contributed by atoms with Crippen molar-refractivity contribution in [3.05, 3.63) is 18.2 Å². The van der Waals surface area contributed by atoms with Gasteiger partial charge in [-0.1, -0.05) is 0 Å². The third-order valence-corrected chi connectivity index (χ3v) is 3.37. The lowest BCUT2D eigenvalue weighted by Gasteiger charge is -2.21. The zero-order valence-electron chi connectivity index (χ0n) is 13.3. The van der Waals surface area contributed by atoms with Crippen molar-refractivity contribution >= 4 is 17.8 Å². The summed E-state index contributed by atoms with van der Waals surface area (Å²) in [6, 6.07) is -2.00. The Hall–Kier alpha value is -2.46. The molecular formula is C14H24N6O4. The normalized spacial score (nSPS) is 13.1. The number of amides is 2. The molecule has 0 saturated heterocycles. The molecule has 1 aromatic rings. The summed E-state index contributed by atoms with van der Waals surface area (Å²) in [5.41, 5.74) is 11.2. The largest absolute Gasteiger partial charge is 0.480 e. The van der Waals surface area contributed by atoms with Crippen LogP contribution >= 0.6 is 0 Å². The molecule has 10 nitrogen and oxygen atoms in total. The molecule has 1 aromatic heterocycles. The Labute approximate surface area is 139 Å². The van der Waals surface area contributed by atoms with E-state index in [0.717, 1.165) is 0 Å². The molecule has 2 amide bonds. The molecule has 1 rings (SSSR count). The fourth-order valence-electron chi connectivity index (χ4n) is 2.10. The van der Waals surface area contributed by atoms with Crippen LogP contribution in [0.15, 0.2) is 12.5 Å². The Morgan fingerprint density at radius 2 is 1.96 bits per heavy atom. The Balaban J connectivity index is 2.70. The molecule has 0 aliphatic heterocycles. The number of unbranched alkanes of at least 4 members (excludes halogenated alkanes) is 1. The number of H-pyrrole nitrogens is 1. The standard InChI is InChI=1S/C14H24N6O4/c15-4-2-1-3-10(19-12(21)6-16)13(22)20-11(14(23)24)5-9-7-17-8-18-9/h7-8,10-11H,1-6,15-16H2,(H,17,18)(H,19,21)(H,20,22)(H,23,24). The number of nitrogens with zero attached hydrogens (tertiary/aromatic N) is 1. The Kier molecular flexibility index (Phi) is 8.44. The monoisotopic (exact) mass is 340 g/mol. The molecule has 0 spiro atoms. The Morgan fingerprint density at radius 1 is 1.21 bits per heavy atom. The van der Waals surface area contributed by atoms with Gasteiger partial charge >= 0.3 is 5.97 Å². The predicted molar refractivity (Wildman–Crippen MR) is 85.7 cm³/mol. The first-order chi connectivity index (χ1) is 11.5. The van der Waals surface area contributed by atoms with Crippen molar-refractivity contribution in [2.45, 2.75) is 37.8 Å². The number of aliphatic carboxylic acids is 1. The van der Waals surface area contributed by atoms with Crippen LogP contribution in [-0.2, 0) is 20.8 Å². The molecular weight excluding hydrogens is 316 g/mol. The molecule has 2 atom stereocenters. The maximum absolute atomic E-state index is 12.3. The lowest BCUT2D eigenvalue weighted by Crippen LogP contribution is -2.53. The number of rotatable bonds is 11. The number of nitrogens with two attached hydrogens (primary N) is 2. The molecule has 24 heavy (non-hydrogen) atoms. The zero-order chi connectivity index (χ0) is 17.9. The number of carbonyl (C=O) groups is 3. The van der Waals surface area contributed by atoms with Gasteiger partial charge in [0.15, 0.2) is 0 Å². The Bertz CT molecular complexity index is 533. The van der Waals surface area contributed by atoms with Gasteiger partial charge in [0.2, 0.25) is 11.8 Å². The van der Waals surface area contributed by atoms with E-state index in [-0.39, 0.29) is 13.0 Å². The van der Waals surface area contributed by atoms with E-state index in [1.54, 1.807) is 6.20 Å². The van der Waals surface area contributed by atoms with Crippen molar-refractivity contribution in [1.82, 2.24) is 20.6 Å². The molecule has 2 unspecified atom stereocenters. The molecule has 0 bridgehead atoms. The predicted octanol–water partition coefficient (Wildman–Crippen LogP) is -1.91. The van der Waals surface area contributed by atoms with E-state index in [2.05, 4.69) is 20.6 Å². The third-order valence-electron chi connectivity index (χ3n) is 3.37. The van der Waals surface area contributed by atoms with Crippen LogP contribution in [0.1, 0.15) is 25.0 Å². The molecule has 0 aliphatic carbocycles. The second-order valence-electron chi connectivity index (χ2n) is 5.27. The van der Waals surface area contributed by atoms with Crippen LogP contribution in [0.25, 0.3) is 0 Å². The van der Waals surface area contributed by atoms with Gasteiger partial charge in [-0.05, 0) is 25.8 Å². The molecule has 1 heterocycles. The topological polar surface area (TPSA) is 176 Å². The summed E-state index contributed by atoms with van der Waals surface area (Å²) in [6.07, 6.45) is 4.67. The number of carboxylic acids is 1. The number of aromatic amines is 1. The van der Waals surface area contributed by atoms with Crippen LogP contribution in [0.4, 0.5) is 0 Å². The minimum absolute atomic E-state index is 0.0327. The lowest BCUT2D eigenvalue weighted by atomic mass is 10.1. The van der Waals surface area contributed by atoms with Gasteiger partial charge in [0.25, 0.3) is 0 Å². The summed E-state index contributed by atoms with van der Waals surface area (Å²) >= 11 is 0. The fraction of sp³-hybridized carbons (Fsp3) is 0.571. The maximum Gasteiger partial charge on any atom is 0.326 e. The molecule has 10 heteroatoms. The molecule has 0 saturated carbocycles. The molecule has 0 radical (unpaired) electrons. The number of imidazole rings is 1. The Morgan fingerprint density at radius 3 is 2.50 bits per heavy atom. The highest BCUT2D eigenvalue weighted by molar-refractivity contribution is 5.90. The van der Waals surface area contributed by atoms with Crippen LogP contribution in [0, 0.1) is 0 Å². The van der Waals surface area contributed by atoms with Crippen molar-refractivity contribution in [1.29, 1.82) is 0 Å². The number of nitrogens with one attached hydrogen (secondary N) is 3. The summed E-state index contributed by atoms with van der Waals surface area (Å²) in [6.45, 7) is 0.215. The molecule has 0 aromatic carbocycles. The van der Waals surface area contributed by atoms with Gasteiger partial charge in [-0.3, -0.25) is 9.59 Å². The van der Waals surface area contributed by atoms with Gasteiger partial charge in [0.1, 0.15) is 12.1 Å². The first kappa shape index (κ1) is 19.6. The van der Waals surface area contributed by atoms with Gasteiger partial charge in [-0.15, -0.1) is 0 Å². The van der Waals surface area contributed by atoms with Gasteiger partial charge in [0.05, 0.1) is 18.6 Å². The van der Waals surface area contributed by atoms with E-state index in [4.69, 9.17) is 11.5 Å². The first-order valence-corrected chi connectivity index (χ1v) is 7.68. The molecule has 8 N–H and O–H groups in total. The number of hydrogen-bond donors (Lipinski definition) is 6. The van der Waals surface area contributed by atoms with Crippen molar-refractivity contribution < 1.29 is 19.5 Å². The average molecular weight is 340 g/mol. The van der Waals surface area contributed by atoms with Gasteiger partial charge in [0, 0.05) is 12.6 Å². The summed E-state index contributed by atoms with van der Waals surface area (Å²) in [7, 11) is 0. The van der Waals surface area contributed by atoms with Crippen LogP contribution < -0.4 is 22.1 Å². The van der Waals surface area contributed by atoms with E-state index >= 15 is 0 Å². The third kappa shape index (κ3) is 6.75. The van der Waals surface area contributed by atoms with Crippen LogP contribution in [0.5, 0.6) is 0 Å². The van der Waals surface area contributed by atoms with Crippen LogP contribution in [0.3, 0.4) is 0 Å². The van der Waals surface area contributed by atoms with Gasteiger partial charge in [-0.2, -0.15) is 0 Å². The minimum atomic E-state index is -1.18. The number of carboxylic acid groups (broad SMARTS) is 1. The maximum atomic E-state index is 12.3. The minimum Gasteiger partial charge on any atom is -0.480 e. The van der Waals surface area contributed by atoms with E-state index in [1.807, 2.05) is 0 Å². The number of carbonyl (C=O) groups excluding carboxylic acids is 2. The molecule has 134 valence electrons. The van der Waals surface area contributed by atoms with Crippen molar-refractivity contribution in [3.8, 4) is 0 Å². The van der Waals surface area contributed by atoms with Crippen molar-refractivity contribution in [2.24, 2.45) is 11.5 Å². The molecule has 0 aliphatic rings. The van der Waals surface area contributed by atoms with Crippen molar-refractivity contribution in [3.63, 3.8) is 0 Å². The summed E-state index contributed by atoms with van der Waals surface area (Å²) < 4.78 is 0. The SMILES string of the molecule is NCCCCC(NC(=O)CN)C(=O)NC(Cc1c[nH]cn1)C(=O)O. The van der Waals surface area contributed by atoms with E-state index in [1.165, 1.54) is 6.33 Å². The molecule has 0 fully saturated rings. The highest BCUT2D eigenvalue weighted by Crippen LogP contribution is 2.04. The van der Waals surface area contributed by atoms with Gasteiger partial charge < -0.3 is 32.2 Å². The van der Waals surface area contributed by atoms with Crippen molar-refractivity contribution in [2.75, 3.05) is 13.1 Å². The number of aromatic nitrogens is 2. The second-order valence-corrected chi connectivity index (χ2v) is 5.27. The lowest BCUT2D eigenvalue weighted by molar-refractivity contribution is -0.142. The smallest absolute Gasteiger partial charge is 0.326 e. The quantitative estimate of drug-likeness (QED) is 0.255. The summed E-state index contributed by atoms with van der Waals surface area (Å²) in [5, 5.41) is 14.2. The highest BCUT2D eigenvalue weighted by atomic mass is 16.4. The van der Waals surface area contributed by atoms with Crippen LogP contribution in [-0.4, -0.2) is 58.0 Å². The zero-order valence-corrected chi connectivity index (χ0v) is 13.3. The summed E-state index contributed by atoms with van der Waals surface area (Å²) in [5.74, 6) is -2.24. The number of hydrogen-bond acceptors (Lipinski definition) is 6. The highest BCUT2D eigenvalue weighted by Gasteiger charge is 2.26. The van der Waals surface area contributed by atoms with Gasteiger partial charge in [-0.25, -0.2) is 9.78 Å². The van der Waals surface area contributed by atoms with E-state index < -0.39 is 29.9 Å². The second kappa shape index (κ2) is 10.3. The van der Waals surface area contributed by atoms with E-state index in [9.17, 15) is 19.5 Å². The average Bonchev–Trinajstić information content (AvgIpc) is 3.06. The van der Waals surface area contributed by atoms with E-state index in [0.29, 0.717) is 31.5 Å². The van der Waals surface area contributed by atoms with Crippen LogP contribution in [0.2, 0.25) is 0 Å². The fourth-order valence-corrected chi connectivity index (χ4v) is 2.10.